The highest BCUT2D eigenvalue weighted by atomic mass is 16.2. The molecule has 0 saturated carbocycles. The Kier molecular flexibility index (Phi) is 5.29. The van der Waals surface area contributed by atoms with E-state index in [1.807, 2.05) is 6.92 Å². The largest absolute Gasteiger partial charge is 0.355 e. The van der Waals surface area contributed by atoms with Crippen molar-refractivity contribution in [3.63, 3.8) is 0 Å². The molecule has 1 aliphatic carbocycles. The first-order valence-electron chi connectivity index (χ1n) is 8.88. The summed E-state index contributed by atoms with van der Waals surface area (Å²) in [7, 11) is 0. The maximum Gasteiger partial charge on any atom is 0.325 e. The Morgan fingerprint density at radius 2 is 1.88 bits per heavy atom. The van der Waals surface area contributed by atoms with E-state index < -0.39 is 11.2 Å². The van der Waals surface area contributed by atoms with Gasteiger partial charge in [-0.3, -0.25) is 14.6 Å². The van der Waals surface area contributed by atoms with Crippen molar-refractivity contribution in [1.29, 1.82) is 0 Å². The fourth-order valence-electron chi connectivity index (χ4n) is 3.33. The molecule has 8 nitrogen and oxygen atoms in total. The number of carbonyl (C=O) groups excluding carboxylic acids is 1. The van der Waals surface area contributed by atoms with Crippen molar-refractivity contribution in [1.82, 2.24) is 25.3 Å². The minimum atomic E-state index is -0.573. The first-order valence-corrected chi connectivity index (χ1v) is 8.88. The van der Waals surface area contributed by atoms with Gasteiger partial charge in [-0.25, -0.2) is 14.8 Å². The van der Waals surface area contributed by atoms with Gasteiger partial charge in [-0.2, -0.15) is 0 Å². The van der Waals surface area contributed by atoms with Crippen LogP contribution in [0, 0.1) is 13.8 Å². The summed E-state index contributed by atoms with van der Waals surface area (Å²) in [5.74, 6) is 0.460. The maximum atomic E-state index is 12.1. The number of carbonyl (C=O) groups is 1. The van der Waals surface area contributed by atoms with Gasteiger partial charge < -0.3 is 10.3 Å². The van der Waals surface area contributed by atoms with E-state index in [4.69, 9.17) is 0 Å². The van der Waals surface area contributed by atoms with E-state index in [1.54, 1.807) is 6.92 Å². The third-order valence-electron chi connectivity index (χ3n) is 4.70. The Balaban J connectivity index is 1.58. The summed E-state index contributed by atoms with van der Waals surface area (Å²) < 4.78 is 0. The zero-order valence-electron chi connectivity index (χ0n) is 15.1. The van der Waals surface area contributed by atoms with Gasteiger partial charge in [0, 0.05) is 35.6 Å². The summed E-state index contributed by atoms with van der Waals surface area (Å²) in [6, 6.07) is 0. The lowest BCUT2D eigenvalue weighted by atomic mass is 9.95. The molecule has 0 unspecified atom stereocenters. The second-order valence-electron chi connectivity index (χ2n) is 6.65. The molecule has 2 aromatic rings. The molecule has 3 rings (SSSR count). The van der Waals surface area contributed by atoms with Crippen LogP contribution < -0.4 is 16.6 Å². The van der Waals surface area contributed by atoms with Crippen LogP contribution in [-0.4, -0.2) is 32.4 Å². The summed E-state index contributed by atoms with van der Waals surface area (Å²) in [6.07, 6.45) is 4.85. The molecule has 0 saturated heterocycles. The molecule has 138 valence electrons. The van der Waals surface area contributed by atoms with Gasteiger partial charge >= 0.3 is 5.69 Å². The molecule has 1 amide bonds. The van der Waals surface area contributed by atoms with Gasteiger partial charge in [-0.05, 0) is 45.1 Å². The van der Waals surface area contributed by atoms with Crippen molar-refractivity contribution in [3.8, 4) is 0 Å². The number of H-pyrrole nitrogens is 2. The molecule has 0 aromatic carbocycles. The summed E-state index contributed by atoms with van der Waals surface area (Å²) in [5, 5.41) is 2.78. The van der Waals surface area contributed by atoms with Crippen molar-refractivity contribution in [3.05, 3.63) is 54.9 Å². The highest BCUT2D eigenvalue weighted by molar-refractivity contribution is 5.78. The van der Waals surface area contributed by atoms with E-state index in [9.17, 15) is 14.4 Å². The predicted molar refractivity (Wildman–Crippen MR) is 96.2 cm³/mol. The Labute approximate surface area is 150 Å². The molecule has 2 aromatic heterocycles. The van der Waals surface area contributed by atoms with E-state index in [1.165, 1.54) is 12.0 Å². The SMILES string of the molecule is Cc1nc(CCNC(=O)Cc2c(C)[nH]c(=O)[nH]c2=O)nc2c1CCCC2. The fraction of sp³-hybridized carbons (Fsp3) is 0.500. The third-order valence-corrected chi connectivity index (χ3v) is 4.70. The lowest BCUT2D eigenvalue weighted by molar-refractivity contribution is -0.120. The monoisotopic (exact) mass is 357 g/mol. The fourth-order valence-corrected chi connectivity index (χ4v) is 3.33. The van der Waals surface area contributed by atoms with Gasteiger partial charge in [-0.1, -0.05) is 0 Å². The molecule has 0 aliphatic heterocycles. The van der Waals surface area contributed by atoms with E-state index in [0.29, 0.717) is 18.7 Å². The lowest BCUT2D eigenvalue weighted by Gasteiger charge is -2.17. The lowest BCUT2D eigenvalue weighted by Crippen LogP contribution is -2.33. The number of hydrogen-bond acceptors (Lipinski definition) is 5. The van der Waals surface area contributed by atoms with Crippen LogP contribution in [0.1, 0.15) is 46.9 Å². The van der Waals surface area contributed by atoms with Crippen molar-refractivity contribution >= 4 is 5.91 Å². The van der Waals surface area contributed by atoms with Crippen LogP contribution in [0.3, 0.4) is 0 Å². The van der Waals surface area contributed by atoms with Crippen molar-refractivity contribution in [2.75, 3.05) is 6.54 Å². The molecule has 0 atom stereocenters. The molecule has 0 spiro atoms. The second-order valence-corrected chi connectivity index (χ2v) is 6.65. The Morgan fingerprint density at radius 3 is 2.65 bits per heavy atom. The molecule has 1 aliphatic rings. The number of aryl methyl sites for hydroxylation is 3. The second kappa shape index (κ2) is 7.63. The minimum absolute atomic E-state index is 0.0813. The predicted octanol–water partition coefficient (Wildman–Crippen LogP) is 0.250. The van der Waals surface area contributed by atoms with E-state index in [-0.39, 0.29) is 17.9 Å². The molecule has 26 heavy (non-hydrogen) atoms. The number of nitrogens with zero attached hydrogens (tertiary/aromatic N) is 2. The molecule has 0 bridgehead atoms. The molecule has 2 heterocycles. The van der Waals surface area contributed by atoms with Crippen molar-refractivity contribution < 1.29 is 4.79 Å². The van der Waals surface area contributed by atoms with Gasteiger partial charge in [0.25, 0.3) is 5.56 Å². The van der Waals surface area contributed by atoms with Crippen molar-refractivity contribution in [2.24, 2.45) is 0 Å². The number of hydrogen-bond donors (Lipinski definition) is 3. The Bertz CT molecular complexity index is 945. The zero-order valence-corrected chi connectivity index (χ0v) is 15.1. The maximum absolute atomic E-state index is 12.1. The van der Waals surface area contributed by atoms with Crippen LogP contribution in [-0.2, 0) is 30.5 Å². The Morgan fingerprint density at radius 1 is 1.12 bits per heavy atom. The smallest absolute Gasteiger partial charge is 0.325 e. The molecule has 0 fully saturated rings. The van der Waals surface area contributed by atoms with Crippen LogP contribution >= 0.6 is 0 Å². The van der Waals surface area contributed by atoms with Gasteiger partial charge in [0.2, 0.25) is 5.91 Å². The minimum Gasteiger partial charge on any atom is -0.355 e. The summed E-state index contributed by atoms with van der Waals surface area (Å²) in [4.78, 5) is 48.9. The quantitative estimate of drug-likeness (QED) is 0.708. The first kappa shape index (κ1) is 18.0. The molecular weight excluding hydrogens is 334 g/mol. The number of nitrogens with one attached hydrogen (secondary N) is 3. The number of aromatic nitrogens is 4. The number of fused-ring (bicyclic) bond motifs is 1. The number of rotatable bonds is 5. The average Bonchev–Trinajstić information content (AvgIpc) is 2.58. The first-order chi connectivity index (χ1) is 12.4. The van der Waals surface area contributed by atoms with Gasteiger partial charge in [0.05, 0.1) is 6.42 Å². The van der Waals surface area contributed by atoms with Crippen LogP contribution in [0.15, 0.2) is 9.59 Å². The van der Waals surface area contributed by atoms with Crippen LogP contribution in [0.2, 0.25) is 0 Å². The van der Waals surface area contributed by atoms with Crippen molar-refractivity contribution in [2.45, 2.75) is 52.4 Å². The average molecular weight is 357 g/mol. The van der Waals surface area contributed by atoms with Gasteiger partial charge in [0.15, 0.2) is 0 Å². The molecular formula is C18H23N5O3. The summed E-state index contributed by atoms with van der Waals surface area (Å²) in [6.45, 7) is 4.01. The highest BCUT2D eigenvalue weighted by Crippen LogP contribution is 2.21. The topological polar surface area (TPSA) is 121 Å². The summed E-state index contributed by atoms with van der Waals surface area (Å²) in [5.41, 5.74) is 3.01. The molecule has 3 N–H and O–H groups in total. The van der Waals surface area contributed by atoms with Gasteiger partial charge in [0.1, 0.15) is 5.82 Å². The van der Waals surface area contributed by atoms with Crippen LogP contribution in [0.4, 0.5) is 0 Å². The number of aromatic amines is 2. The van der Waals surface area contributed by atoms with E-state index in [2.05, 4.69) is 25.3 Å². The number of amides is 1. The zero-order chi connectivity index (χ0) is 18.7. The normalized spacial score (nSPS) is 13.3. The Hall–Kier alpha value is -2.77. The van der Waals surface area contributed by atoms with E-state index in [0.717, 1.165) is 36.5 Å². The highest BCUT2D eigenvalue weighted by Gasteiger charge is 2.16. The van der Waals surface area contributed by atoms with Crippen LogP contribution in [0.25, 0.3) is 0 Å². The molecule has 0 radical (unpaired) electrons. The van der Waals surface area contributed by atoms with Crippen LogP contribution in [0.5, 0.6) is 0 Å². The summed E-state index contributed by atoms with van der Waals surface area (Å²) >= 11 is 0. The van der Waals surface area contributed by atoms with Gasteiger partial charge in [-0.15, -0.1) is 0 Å². The van der Waals surface area contributed by atoms with E-state index >= 15 is 0 Å². The molecule has 8 heteroatoms. The third kappa shape index (κ3) is 4.07. The standard InChI is InChI=1S/C18H23N5O3/c1-10-12-5-3-4-6-14(12)22-15(20-10)7-8-19-16(24)9-13-11(2)21-18(26)23-17(13)25/h3-9H2,1-2H3,(H,19,24)(H2,21,23,25,26).